The van der Waals surface area contributed by atoms with Gasteiger partial charge in [0.2, 0.25) is 5.91 Å². The average molecular weight is 276 g/mol. The van der Waals surface area contributed by atoms with Crippen LogP contribution in [0.3, 0.4) is 0 Å². The van der Waals surface area contributed by atoms with E-state index in [1.807, 2.05) is 19.1 Å². The minimum absolute atomic E-state index is 0.00182. The third-order valence-corrected chi connectivity index (χ3v) is 3.64. The number of rotatable bonds is 4. The Morgan fingerprint density at radius 3 is 2.65 bits per heavy atom. The number of carbonyl (C=O) groups excluding carboxylic acids is 2. The second kappa shape index (κ2) is 6.50. The molecule has 108 valence electrons. The lowest BCUT2D eigenvalue weighted by Gasteiger charge is -2.23. The molecule has 0 unspecified atom stereocenters. The Morgan fingerprint density at radius 2 is 2.05 bits per heavy atom. The van der Waals surface area contributed by atoms with Crippen LogP contribution < -0.4 is 4.90 Å². The molecule has 0 aromatic carbocycles. The smallest absolute Gasteiger partial charge is 0.325 e. The van der Waals surface area contributed by atoms with Crippen LogP contribution in [-0.2, 0) is 14.3 Å². The van der Waals surface area contributed by atoms with Gasteiger partial charge >= 0.3 is 5.97 Å². The van der Waals surface area contributed by atoms with Crippen molar-refractivity contribution in [1.82, 2.24) is 4.98 Å². The van der Waals surface area contributed by atoms with Gasteiger partial charge in [-0.05, 0) is 31.9 Å². The topological polar surface area (TPSA) is 59.5 Å². The van der Waals surface area contributed by atoms with Gasteiger partial charge in [-0.15, -0.1) is 0 Å². The van der Waals surface area contributed by atoms with Crippen LogP contribution in [0, 0.1) is 12.8 Å². The third kappa shape index (κ3) is 3.35. The monoisotopic (exact) mass is 276 g/mol. The van der Waals surface area contributed by atoms with Crippen molar-refractivity contribution in [3.8, 4) is 0 Å². The van der Waals surface area contributed by atoms with Crippen molar-refractivity contribution >= 4 is 17.7 Å². The van der Waals surface area contributed by atoms with Crippen LogP contribution in [0.15, 0.2) is 18.2 Å². The minimum atomic E-state index is -0.431. The number of ether oxygens (including phenoxy) is 1. The number of anilines is 1. The van der Waals surface area contributed by atoms with Crippen molar-refractivity contribution in [3.05, 3.63) is 23.9 Å². The number of methoxy groups -OCH3 is 1. The molecule has 1 fully saturated rings. The third-order valence-electron chi connectivity index (χ3n) is 3.64. The molecule has 0 atom stereocenters. The molecule has 1 saturated carbocycles. The summed E-state index contributed by atoms with van der Waals surface area (Å²) in [4.78, 5) is 29.9. The highest BCUT2D eigenvalue weighted by molar-refractivity contribution is 5.98. The molecular weight excluding hydrogens is 256 g/mol. The Balaban J connectivity index is 2.23. The molecular formula is C15H20N2O3. The van der Waals surface area contributed by atoms with E-state index in [1.54, 1.807) is 6.07 Å². The summed E-state index contributed by atoms with van der Waals surface area (Å²) < 4.78 is 4.68. The van der Waals surface area contributed by atoms with Crippen molar-refractivity contribution in [2.75, 3.05) is 18.6 Å². The molecule has 0 spiro atoms. The fourth-order valence-corrected chi connectivity index (χ4v) is 2.54. The molecule has 0 radical (unpaired) electrons. The van der Waals surface area contributed by atoms with Crippen LogP contribution in [0.25, 0.3) is 0 Å². The van der Waals surface area contributed by atoms with Crippen LogP contribution in [0.1, 0.15) is 31.4 Å². The summed E-state index contributed by atoms with van der Waals surface area (Å²) in [5.74, 6) is 0.0694. The van der Waals surface area contributed by atoms with E-state index < -0.39 is 5.97 Å². The SMILES string of the molecule is COC(=O)CN(C(=O)C1CCCC1)c1cccc(C)n1. The Kier molecular flexibility index (Phi) is 4.71. The molecule has 20 heavy (non-hydrogen) atoms. The zero-order chi connectivity index (χ0) is 14.5. The van der Waals surface area contributed by atoms with Gasteiger partial charge in [-0.2, -0.15) is 0 Å². The number of amides is 1. The predicted molar refractivity (Wildman–Crippen MR) is 75.3 cm³/mol. The Labute approximate surface area is 118 Å². The van der Waals surface area contributed by atoms with E-state index in [9.17, 15) is 9.59 Å². The predicted octanol–water partition coefficient (Wildman–Crippen LogP) is 2.09. The number of hydrogen-bond acceptors (Lipinski definition) is 4. The Hall–Kier alpha value is -1.91. The summed E-state index contributed by atoms with van der Waals surface area (Å²) in [6.45, 7) is 1.78. The molecule has 5 heteroatoms. The maximum absolute atomic E-state index is 12.6. The van der Waals surface area contributed by atoms with Crippen molar-refractivity contribution in [2.24, 2.45) is 5.92 Å². The fourth-order valence-electron chi connectivity index (χ4n) is 2.54. The van der Waals surface area contributed by atoms with Crippen molar-refractivity contribution in [2.45, 2.75) is 32.6 Å². The first-order valence-electron chi connectivity index (χ1n) is 6.93. The highest BCUT2D eigenvalue weighted by atomic mass is 16.5. The molecule has 0 saturated heterocycles. The summed E-state index contributed by atoms with van der Waals surface area (Å²) in [5.41, 5.74) is 0.816. The van der Waals surface area contributed by atoms with E-state index in [-0.39, 0.29) is 18.4 Å². The van der Waals surface area contributed by atoms with E-state index >= 15 is 0 Å². The van der Waals surface area contributed by atoms with Gasteiger partial charge in [-0.1, -0.05) is 18.9 Å². The quantitative estimate of drug-likeness (QED) is 0.790. The number of carbonyl (C=O) groups is 2. The van der Waals surface area contributed by atoms with E-state index in [2.05, 4.69) is 9.72 Å². The van der Waals surface area contributed by atoms with Gasteiger partial charge in [-0.25, -0.2) is 4.98 Å². The molecule has 1 aliphatic rings. The number of hydrogen-bond donors (Lipinski definition) is 0. The van der Waals surface area contributed by atoms with E-state index in [4.69, 9.17) is 0 Å². The van der Waals surface area contributed by atoms with E-state index in [1.165, 1.54) is 12.0 Å². The van der Waals surface area contributed by atoms with Crippen LogP contribution in [0.2, 0.25) is 0 Å². The van der Waals surface area contributed by atoms with Crippen LogP contribution in [-0.4, -0.2) is 30.5 Å². The fraction of sp³-hybridized carbons (Fsp3) is 0.533. The van der Waals surface area contributed by atoms with E-state index in [0.717, 1.165) is 31.4 Å². The molecule has 0 N–H and O–H groups in total. The summed E-state index contributed by atoms with van der Waals surface area (Å²) in [7, 11) is 1.32. The summed E-state index contributed by atoms with van der Waals surface area (Å²) >= 11 is 0. The Morgan fingerprint density at radius 1 is 1.35 bits per heavy atom. The number of nitrogens with zero attached hydrogens (tertiary/aromatic N) is 2. The van der Waals surface area contributed by atoms with Crippen molar-refractivity contribution in [3.63, 3.8) is 0 Å². The number of esters is 1. The molecule has 0 aliphatic heterocycles. The zero-order valence-electron chi connectivity index (χ0n) is 12.0. The van der Waals surface area contributed by atoms with Crippen LogP contribution >= 0.6 is 0 Å². The molecule has 5 nitrogen and oxygen atoms in total. The number of pyridine rings is 1. The minimum Gasteiger partial charge on any atom is -0.468 e. The first-order valence-corrected chi connectivity index (χ1v) is 6.93. The summed E-state index contributed by atoms with van der Waals surface area (Å²) in [6.07, 6.45) is 3.93. The second-order valence-corrected chi connectivity index (χ2v) is 5.12. The molecule has 1 aromatic heterocycles. The van der Waals surface area contributed by atoms with Gasteiger partial charge in [0, 0.05) is 11.6 Å². The summed E-state index contributed by atoms with van der Waals surface area (Å²) in [5, 5.41) is 0. The zero-order valence-corrected chi connectivity index (χ0v) is 12.0. The van der Waals surface area contributed by atoms with Crippen LogP contribution in [0.5, 0.6) is 0 Å². The first-order chi connectivity index (χ1) is 9.61. The lowest BCUT2D eigenvalue weighted by Crippen LogP contribution is -2.40. The van der Waals surface area contributed by atoms with Crippen LogP contribution in [0.4, 0.5) is 5.82 Å². The highest BCUT2D eigenvalue weighted by Gasteiger charge is 2.30. The highest BCUT2D eigenvalue weighted by Crippen LogP contribution is 2.28. The lowest BCUT2D eigenvalue weighted by atomic mass is 10.1. The normalized spacial score (nSPS) is 15.1. The largest absolute Gasteiger partial charge is 0.468 e. The maximum atomic E-state index is 12.6. The second-order valence-electron chi connectivity index (χ2n) is 5.12. The number of aromatic nitrogens is 1. The molecule has 0 bridgehead atoms. The van der Waals surface area contributed by atoms with Gasteiger partial charge in [0.1, 0.15) is 12.4 Å². The van der Waals surface area contributed by atoms with E-state index in [0.29, 0.717) is 5.82 Å². The van der Waals surface area contributed by atoms with Gasteiger partial charge in [-0.3, -0.25) is 14.5 Å². The van der Waals surface area contributed by atoms with Gasteiger partial charge in [0.25, 0.3) is 0 Å². The maximum Gasteiger partial charge on any atom is 0.325 e. The lowest BCUT2D eigenvalue weighted by molar-refractivity contribution is -0.140. The molecule has 1 aliphatic carbocycles. The molecule has 1 heterocycles. The van der Waals surface area contributed by atoms with Gasteiger partial charge in [0.05, 0.1) is 7.11 Å². The molecule has 1 aromatic rings. The first kappa shape index (κ1) is 14.5. The molecule has 1 amide bonds. The van der Waals surface area contributed by atoms with Crippen molar-refractivity contribution < 1.29 is 14.3 Å². The summed E-state index contributed by atoms with van der Waals surface area (Å²) in [6, 6.07) is 5.45. The average Bonchev–Trinajstić information content (AvgIpc) is 2.97. The van der Waals surface area contributed by atoms with Gasteiger partial charge in [0.15, 0.2) is 0 Å². The Bertz CT molecular complexity index is 496. The molecule has 2 rings (SSSR count). The number of aryl methyl sites for hydroxylation is 1. The van der Waals surface area contributed by atoms with Crippen molar-refractivity contribution in [1.29, 1.82) is 0 Å². The standard InChI is InChI=1S/C15H20N2O3/c1-11-6-5-9-13(16-11)17(10-14(18)20-2)15(19)12-7-3-4-8-12/h5-6,9,12H,3-4,7-8,10H2,1-2H3. The van der Waals surface area contributed by atoms with Gasteiger partial charge < -0.3 is 4.74 Å².